The summed E-state index contributed by atoms with van der Waals surface area (Å²) in [5, 5.41) is 11.0. The summed E-state index contributed by atoms with van der Waals surface area (Å²) in [5.74, 6) is -0.125. The summed E-state index contributed by atoms with van der Waals surface area (Å²) >= 11 is 3.32. The summed E-state index contributed by atoms with van der Waals surface area (Å²) in [6.07, 6.45) is 7.39. The Bertz CT molecular complexity index is 580. The molecule has 0 radical (unpaired) electrons. The van der Waals surface area contributed by atoms with Crippen molar-refractivity contribution in [1.29, 1.82) is 0 Å². The lowest BCUT2D eigenvalue weighted by atomic mass is 10.2. The fourth-order valence-electron chi connectivity index (χ4n) is 1.83. The maximum Gasteiger partial charge on any atom is 0.249 e. The molecule has 2 aromatic rings. The summed E-state index contributed by atoms with van der Waals surface area (Å²) < 4.78 is 9.04. The van der Waals surface area contributed by atoms with Crippen molar-refractivity contribution in [2.24, 2.45) is 0 Å². The van der Waals surface area contributed by atoms with Crippen molar-refractivity contribution in [2.75, 3.05) is 12.4 Å². The summed E-state index contributed by atoms with van der Waals surface area (Å²) in [7, 11) is 1.59. The Kier molecular flexibility index (Phi) is 4.91. The van der Waals surface area contributed by atoms with E-state index in [1.807, 2.05) is 6.92 Å². The first kappa shape index (κ1) is 14.7. The maximum absolute atomic E-state index is 12.3. The first-order valence-corrected chi connectivity index (χ1v) is 6.95. The number of ether oxygens (including phenoxy) is 1. The average Bonchev–Trinajstić information content (AvgIpc) is 3.01. The number of carbonyl (C=O) groups is 1. The van der Waals surface area contributed by atoms with E-state index in [1.165, 1.54) is 0 Å². The molecule has 2 aromatic heterocycles. The summed E-state index contributed by atoms with van der Waals surface area (Å²) in [6, 6.07) is -0.355. The van der Waals surface area contributed by atoms with Crippen LogP contribution in [0, 0.1) is 0 Å². The smallest absolute Gasteiger partial charge is 0.249 e. The fraction of sp³-hybridized carbons (Fsp3) is 0.417. The zero-order valence-electron chi connectivity index (χ0n) is 11.3. The van der Waals surface area contributed by atoms with Crippen LogP contribution in [0.15, 0.2) is 29.3 Å². The van der Waals surface area contributed by atoms with Crippen molar-refractivity contribution >= 4 is 27.5 Å². The van der Waals surface area contributed by atoms with Gasteiger partial charge < -0.3 is 10.1 Å². The SMILES string of the molecule is CCC(C(=O)Nc1cnn(COC)c1)n1cc(Br)cn1. The molecule has 0 saturated carbocycles. The highest BCUT2D eigenvalue weighted by molar-refractivity contribution is 9.10. The molecule has 0 aliphatic carbocycles. The lowest BCUT2D eigenvalue weighted by Crippen LogP contribution is -2.25. The van der Waals surface area contributed by atoms with Crippen LogP contribution in [0.2, 0.25) is 0 Å². The maximum atomic E-state index is 12.3. The first-order chi connectivity index (χ1) is 9.63. The number of hydrogen-bond donors (Lipinski definition) is 1. The minimum atomic E-state index is -0.355. The van der Waals surface area contributed by atoms with Crippen LogP contribution in [0.1, 0.15) is 19.4 Å². The van der Waals surface area contributed by atoms with Gasteiger partial charge in [0.1, 0.15) is 12.8 Å². The number of carbonyl (C=O) groups excluding carboxylic acids is 1. The molecule has 7 nitrogen and oxygen atoms in total. The number of nitrogens with zero attached hydrogens (tertiary/aromatic N) is 4. The normalized spacial score (nSPS) is 12.3. The van der Waals surface area contributed by atoms with Crippen molar-refractivity contribution in [3.63, 3.8) is 0 Å². The van der Waals surface area contributed by atoms with Crippen LogP contribution in [0.25, 0.3) is 0 Å². The van der Waals surface area contributed by atoms with Gasteiger partial charge in [-0.25, -0.2) is 4.68 Å². The van der Waals surface area contributed by atoms with Crippen molar-refractivity contribution in [2.45, 2.75) is 26.1 Å². The van der Waals surface area contributed by atoms with E-state index in [1.54, 1.807) is 41.3 Å². The molecule has 0 saturated heterocycles. The van der Waals surface area contributed by atoms with Crippen LogP contribution in [-0.4, -0.2) is 32.6 Å². The van der Waals surface area contributed by atoms with Gasteiger partial charge in [0.05, 0.1) is 28.8 Å². The number of halogens is 1. The number of nitrogens with one attached hydrogen (secondary N) is 1. The van der Waals surface area contributed by atoms with Gasteiger partial charge in [-0.05, 0) is 22.4 Å². The molecule has 0 fully saturated rings. The molecule has 0 aliphatic rings. The zero-order valence-corrected chi connectivity index (χ0v) is 12.9. The van der Waals surface area contributed by atoms with Crippen LogP contribution >= 0.6 is 15.9 Å². The molecule has 0 aromatic carbocycles. The van der Waals surface area contributed by atoms with E-state index in [-0.39, 0.29) is 11.9 Å². The third kappa shape index (κ3) is 3.45. The quantitative estimate of drug-likeness (QED) is 0.872. The number of hydrogen-bond acceptors (Lipinski definition) is 4. The second-order valence-electron chi connectivity index (χ2n) is 4.24. The van der Waals surface area contributed by atoms with Crippen molar-refractivity contribution in [1.82, 2.24) is 19.6 Å². The third-order valence-electron chi connectivity index (χ3n) is 2.74. The second kappa shape index (κ2) is 6.67. The van der Waals surface area contributed by atoms with Gasteiger partial charge in [0, 0.05) is 13.3 Å². The standard InChI is InChI=1S/C12H16BrN5O2/c1-3-11(18-6-9(13)4-15-18)12(19)16-10-5-14-17(7-10)8-20-2/h4-7,11H,3,8H2,1-2H3,(H,16,19). The van der Waals surface area contributed by atoms with E-state index in [4.69, 9.17) is 4.74 Å². The lowest BCUT2D eigenvalue weighted by molar-refractivity contribution is -0.119. The topological polar surface area (TPSA) is 74.0 Å². The molecule has 2 rings (SSSR count). The molecule has 108 valence electrons. The molecular formula is C12H16BrN5O2. The minimum Gasteiger partial charge on any atom is -0.362 e. The largest absolute Gasteiger partial charge is 0.362 e. The predicted octanol–water partition coefficient (Wildman–Crippen LogP) is 2.04. The minimum absolute atomic E-state index is 0.125. The van der Waals surface area contributed by atoms with Gasteiger partial charge in [0.25, 0.3) is 0 Å². The molecule has 2 heterocycles. The monoisotopic (exact) mass is 341 g/mol. The van der Waals surface area contributed by atoms with Crippen LogP contribution in [0.5, 0.6) is 0 Å². The molecular weight excluding hydrogens is 326 g/mol. The molecule has 1 atom stereocenters. The fourth-order valence-corrected chi connectivity index (χ4v) is 2.14. The number of methoxy groups -OCH3 is 1. The van der Waals surface area contributed by atoms with Gasteiger partial charge in [-0.1, -0.05) is 6.92 Å². The van der Waals surface area contributed by atoms with Crippen molar-refractivity contribution < 1.29 is 9.53 Å². The summed E-state index contributed by atoms with van der Waals surface area (Å²) in [4.78, 5) is 12.3. The lowest BCUT2D eigenvalue weighted by Gasteiger charge is -2.14. The van der Waals surface area contributed by atoms with Crippen molar-refractivity contribution in [3.05, 3.63) is 29.3 Å². The van der Waals surface area contributed by atoms with E-state index in [9.17, 15) is 4.79 Å². The molecule has 0 bridgehead atoms. The van der Waals surface area contributed by atoms with Crippen LogP contribution in [0.4, 0.5) is 5.69 Å². The average molecular weight is 342 g/mol. The number of rotatable bonds is 6. The van der Waals surface area contributed by atoms with Gasteiger partial charge in [0.15, 0.2) is 0 Å². The van der Waals surface area contributed by atoms with Gasteiger partial charge in [-0.3, -0.25) is 9.48 Å². The molecule has 1 N–H and O–H groups in total. The number of anilines is 1. The van der Waals surface area contributed by atoms with Crippen LogP contribution in [0.3, 0.4) is 0 Å². The Morgan fingerprint density at radius 1 is 1.45 bits per heavy atom. The molecule has 0 aliphatic heterocycles. The Labute approximate surface area is 125 Å². The molecule has 20 heavy (non-hydrogen) atoms. The predicted molar refractivity (Wildman–Crippen MR) is 77.1 cm³/mol. The zero-order chi connectivity index (χ0) is 14.5. The molecule has 8 heteroatoms. The highest BCUT2D eigenvalue weighted by atomic mass is 79.9. The van der Waals surface area contributed by atoms with E-state index in [2.05, 4.69) is 31.4 Å². The highest BCUT2D eigenvalue weighted by Crippen LogP contribution is 2.17. The summed E-state index contributed by atoms with van der Waals surface area (Å²) in [5.41, 5.74) is 0.636. The van der Waals surface area contributed by atoms with E-state index >= 15 is 0 Å². The Morgan fingerprint density at radius 3 is 2.85 bits per heavy atom. The highest BCUT2D eigenvalue weighted by Gasteiger charge is 2.19. The van der Waals surface area contributed by atoms with E-state index in [0.29, 0.717) is 18.8 Å². The Morgan fingerprint density at radius 2 is 2.25 bits per heavy atom. The van der Waals surface area contributed by atoms with E-state index < -0.39 is 0 Å². The van der Waals surface area contributed by atoms with Crippen LogP contribution in [-0.2, 0) is 16.3 Å². The second-order valence-corrected chi connectivity index (χ2v) is 5.15. The Hall–Kier alpha value is -1.67. The Balaban J connectivity index is 2.05. The molecule has 1 amide bonds. The summed E-state index contributed by atoms with van der Waals surface area (Å²) in [6.45, 7) is 2.29. The number of amides is 1. The van der Waals surface area contributed by atoms with Gasteiger partial charge in [0.2, 0.25) is 5.91 Å². The van der Waals surface area contributed by atoms with Gasteiger partial charge >= 0.3 is 0 Å². The molecule has 0 spiro atoms. The van der Waals surface area contributed by atoms with Gasteiger partial charge in [-0.15, -0.1) is 0 Å². The van der Waals surface area contributed by atoms with E-state index in [0.717, 1.165) is 4.47 Å². The molecule has 1 unspecified atom stereocenters. The van der Waals surface area contributed by atoms with Crippen molar-refractivity contribution in [3.8, 4) is 0 Å². The third-order valence-corrected chi connectivity index (χ3v) is 3.15. The number of aromatic nitrogens is 4. The van der Waals surface area contributed by atoms with Gasteiger partial charge in [-0.2, -0.15) is 10.2 Å². The first-order valence-electron chi connectivity index (χ1n) is 6.16. The van der Waals surface area contributed by atoms with Crippen LogP contribution < -0.4 is 5.32 Å².